The van der Waals surface area contributed by atoms with Crippen molar-refractivity contribution in [1.29, 1.82) is 0 Å². The second-order valence-corrected chi connectivity index (χ2v) is 5.58. The summed E-state index contributed by atoms with van der Waals surface area (Å²) in [5.41, 5.74) is 3.36. The van der Waals surface area contributed by atoms with E-state index in [2.05, 4.69) is 40.3 Å². The maximum atomic E-state index is 9.45. The number of phenols is 1. The smallest absolute Gasteiger partial charge is 0.115 e. The standard InChI is InChI=1S/C16H18BrNO/c1-3-15(12-5-4-6-13(17)10-12)18-16-8-7-14(19)9-11(16)2/h4-10,15,18-19H,3H2,1-2H3. The maximum absolute atomic E-state index is 9.45. The number of rotatable bonds is 4. The molecule has 100 valence electrons. The van der Waals surface area contributed by atoms with Crippen LogP contribution in [0.5, 0.6) is 5.75 Å². The predicted octanol–water partition coefficient (Wildman–Crippen LogP) is 5.03. The Morgan fingerprint density at radius 1 is 1.21 bits per heavy atom. The highest BCUT2D eigenvalue weighted by atomic mass is 79.9. The van der Waals surface area contributed by atoms with E-state index in [0.717, 1.165) is 22.1 Å². The van der Waals surface area contributed by atoms with Crippen molar-refractivity contribution >= 4 is 21.6 Å². The van der Waals surface area contributed by atoms with E-state index in [4.69, 9.17) is 0 Å². The van der Waals surface area contributed by atoms with Crippen molar-refractivity contribution in [2.45, 2.75) is 26.3 Å². The van der Waals surface area contributed by atoms with Gasteiger partial charge in [0.05, 0.1) is 6.04 Å². The predicted molar refractivity (Wildman–Crippen MR) is 83.6 cm³/mol. The summed E-state index contributed by atoms with van der Waals surface area (Å²) in [7, 11) is 0. The molecule has 3 heteroatoms. The summed E-state index contributed by atoms with van der Waals surface area (Å²) in [6.07, 6.45) is 0.997. The molecule has 0 radical (unpaired) electrons. The molecule has 2 N–H and O–H groups in total. The average Bonchev–Trinajstić information content (AvgIpc) is 2.38. The number of phenolic OH excluding ortho intramolecular Hbond substituents is 1. The minimum Gasteiger partial charge on any atom is -0.508 e. The minimum absolute atomic E-state index is 0.265. The van der Waals surface area contributed by atoms with E-state index in [1.165, 1.54) is 5.56 Å². The molecule has 0 spiro atoms. The molecule has 0 saturated carbocycles. The van der Waals surface area contributed by atoms with E-state index in [-0.39, 0.29) is 6.04 Å². The van der Waals surface area contributed by atoms with Crippen LogP contribution < -0.4 is 5.32 Å². The Morgan fingerprint density at radius 3 is 2.63 bits per heavy atom. The fourth-order valence-electron chi connectivity index (χ4n) is 2.14. The summed E-state index contributed by atoms with van der Waals surface area (Å²) in [6.45, 7) is 4.16. The van der Waals surface area contributed by atoms with Crippen LogP contribution >= 0.6 is 15.9 Å². The van der Waals surface area contributed by atoms with Crippen molar-refractivity contribution in [3.8, 4) is 5.75 Å². The highest BCUT2D eigenvalue weighted by molar-refractivity contribution is 9.10. The van der Waals surface area contributed by atoms with Crippen molar-refractivity contribution < 1.29 is 5.11 Å². The number of hydrogen-bond acceptors (Lipinski definition) is 2. The third kappa shape index (κ3) is 3.51. The lowest BCUT2D eigenvalue weighted by atomic mass is 10.0. The van der Waals surface area contributed by atoms with Crippen LogP contribution in [0, 0.1) is 6.92 Å². The molecule has 2 aromatic carbocycles. The van der Waals surface area contributed by atoms with Crippen LogP contribution in [0.25, 0.3) is 0 Å². The van der Waals surface area contributed by atoms with Gasteiger partial charge in [0.25, 0.3) is 0 Å². The first-order valence-corrected chi connectivity index (χ1v) is 7.21. The first kappa shape index (κ1) is 13.9. The van der Waals surface area contributed by atoms with Gasteiger partial charge in [-0.05, 0) is 54.8 Å². The molecule has 0 aliphatic carbocycles. The Morgan fingerprint density at radius 2 is 2.00 bits per heavy atom. The molecular formula is C16H18BrNO. The van der Waals surface area contributed by atoms with Gasteiger partial charge in [-0.25, -0.2) is 0 Å². The lowest BCUT2D eigenvalue weighted by Gasteiger charge is -2.20. The zero-order valence-electron chi connectivity index (χ0n) is 11.2. The van der Waals surface area contributed by atoms with Crippen LogP contribution in [0.15, 0.2) is 46.9 Å². The number of aryl methyl sites for hydroxylation is 1. The number of aromatic hydroxyl groups is 1. The lowest BCUT2D eigenvalue weighted by Crippen LogP contribution is -2.10. The largest absolute Gasteiger partial charge is 0.508 e. The highest BCUT2D eigenvalue weighted by Gasteiger charge is 2.10. The van der Waals surface area contributed by atoms with E-state index in [0.29, 0.717) is 5.75 Å². The third-order valence-corrected chi connectivity index (χ3v) is 3.69. The van der Waals surface area contributed by atoms with Gasteiger partial charge in [-0.2, -0.15) is 0 Å². The molecule has 0 bridgehead atoms. The zero-order chi connectivity index (χ0) is 13.8. The van der Waals surface area contributed by atoms with Crippen LogP contribution in [0.4, 0.5) is 5.69 Å². The van der Waals surface area contributed by atoms with Crippen molar-refractivity contribution in [3.05, 3.63) is 58.1 Å². The third-order valence-electron chi connectivity index (χ3n) is 3.20. The second-order valence-electron chi connectivity index (χ2n) is 4.66. The van der Waals surface area contributed by atoms with E-state index >= 15 is 0 Å². The molecule has 2 aromatic rings. The van der Waals surface area contributed by atoms with Gasteiger partial charge in [0.1, 0.15) is 5.75 Å². The van der Waals surface area contributed by atoms with E-state index in [1.807, 2.05) is 25.1 Å². The number of benzene rings is 2. The number of nitrogens with one attached hydrogen (secondary N) is 1. The summed E-state index contributed by atoms with van der Waals surface area (Å²) in [5.74, 6) is 0.304. The molecule has 2 nitrogen and oxygen atoms in total. The highest BCUT2D eigenvalue weighted by Crippen LogP contribution is 2.28. The molecule has 0 aliphatic heterocycles. The van der Waals surface area contributed by atoms with Crippen LogP contribution in [0.1, 0.15) is 30.5 Å². The van der Waals surface area contributed by atoms with E-state index in [9.17, 15) is 5.11 Å². The van der Waals surface area contributed by atoms with Gasteiger partial charge >= 0.3 is 0 Å². The molecule has 2 rings (SSSR count). The van der Waals surface area contributed by atoms with Crippen molar-refractivity contribution in [2.24, 2.45) is 0 Å². The van der Waals surface area contributed by atoms with Crippen LogP contribution in [-0.4, -0.2) is 5.11 Å². The summed E-state index contributed by atoms with van der Waals surface area (Å²) < 4.78 is 1.09. The molecule has 0 heterocycles. The first-order valence-electron chi connectivity index (χ1n) is 6.41. The van der Waals surface area contributed by atoms with Gasteiger partial charge < -0.3 is 10.4 Å². The first-order chi connectivity index (χ1) is 9.10. The normalized spacial score (nSPS) is 12.2. The fourth-order valence-corrected chi connectivity index (χ4v) is 2.56. The van der Waals surface area contributed by atoms with Crippen molar-refractivity contribution in [1.82, 2.24) is 0 Å². The molecule has 0 fully saturated rings. The summed E-state index contributed by atoms with van der Waals surface area (Å²) in [6, 6.07) is 14.0. The molecule has 0 aliphatic rings. The van der Waals surface area contributed by atoms with Crippen LogP contribution in [0.2, 0.25) is 0 Å². The zero-order valence-corrected chi connectivity index (χ0v) is 12.7. The lowest BCUT2D eigenvalue weighted by molar-refractivity contribution is 0.475. The van der Waals surface area contributed by atoms with Gasteiger partial charge in [0, 0.05) is 10.2 Å². The molecule has 19 heavy (non-hydrogen) atoms. The van der Waals surface area contributed by atoms with Gasteiger partial charge in [0.2, 0.25) is 0 Å². The fraction of sp³-hybridized carbons (Fsp3) is 0.250. The molecule has 1 atom stereocenters. The molecule has 0 aromatic heterocycles. The quantitative estimate of drug-likeness (QED) is 0.775. The number of anilines is 1. The molecular weight excluding hydrogens is 302 g/mol. The SMILES string of the molecule is CCC(Nc1ccc(O)cc1C)c1cccc(Br)c1. The Bertz CT molecular complexity index is 568. The Kier molecular flexibility index (Phi) is 4.48. The molecule has 0 amide bonds. The van der Waals surface area contributed by atoms with Gasteiger partial charge in [-0.1, -0.05) is 35.0 Å². The van der Waals surface area contributed by atoms with E-state index < -0.39 is 0 Å². The van der Waals surface area contributed by atoms with Crippen molar-refractivity contribution in [3.63, 3.8) is 0 Å². The number of halogens is 1. The van der Waals surface area contributed by atoms with Crippen LogP contribution in [-0.2, 0) is 0 Å². The van der Waals surface area contributed by atoms with Gasteiger partial charge in [0.15, 0.2) is 0 Å². The summed E-state index contributed by atoms with van der Waals surface area (Å²) in [4.78, 5) is 0. The van der Waals surface area contributed by atoms with Gasteiger partial charge in [-0.3, -0.25) is 0 Å². The average molecular weight is 320 g/mol. The van der Waals surface area contributed by atoms with E-state index in [1.54, 1.807) is 12.1 Å². The summed E-state index contributed by atoms with van der Waals surface area (Å²) >= 11 is 3.51. The second kappa shape index (κ2) is 6.11. The topological polar surface area (TPSA) is 32.3 Å². The molecule has 0 saturated heterocycles. The molecule has 1 unspecified atom stereocenters. The Balaban J connectivity index is 2.24. The van der Waals surface area contributed by atoms with Crippen LogP contribution in [0.3, 0.4) is 0 Å². The Labute approximate surface area is 122 Å². The Hall–Kier alpha value is -1.48. The summed E-state index contributed by atoms with van der Waals surface area (Å²) in [5, 5.41) is 13.0. The minimum atomic E-state index is 0.265. The maximum Gasteiger partial charge on any atom is 0.115 e. The van der Waals surface area contributed by atoms with Gasteiger partial charge in [-0.15, -0.1) is 0 Å². The monoisotopic (exact) mass is 319 g/mol. The number of hydrogen-bond donors (Lipinski definition) is 2. The van der Waals surface area contributed by atoms with Crippen molar-refractivity contribution in [2.75, 3.05) is 5.32 Å².